The van der Waals surface area contributed by atoms with Gasteiger partial charge in [-0.15, -0.1) is 0 Å². The van der Waals surface area contributed by atoms with Crippen LogP contribution in [0, 0.1) is 0 Å². The molecule has 1 aromatic carbocycles. The van der Waals surface area contributed by atoms with E-state index in [-0.39, 0.29) is 0 Å². The fourth-order valence-corrected chi connectivity index (χ4v) is 5.49. The Morgan fingerprint density at radius 2 is 2.00 bits per heavy atom. The van der Waals surface area contributed by atoms with Crippen LogP contribution in [0.4, 0.5) is 5.69 Å². The van der Waals surface area contributed by atoms with Gasteiger partial charge in [-0.3, -0.25) is 0 Å². The lowest BCUT2D eigenvalue weighted by atomic mass is 10.1. The summed E-state index contributed by atoms with van der Waals surface area (Å²) in [5.41, 5.74) is 0.673. The van der Waals surface area contributed by atoms with E-state index in [1.54, 1.807) is 12.1 Å². The van der Waals surface area contributed by atoms with Gasteiger partial charge < -0.3 is 10.1 Å². The molecule has 0 amide bonds. The number of anilines is 1. The lowest BCUT2D eigenvalue weighted by Gasteiger charge is -2.35. The Bertz CT molecular complexity index is 560. The lowest BCUT2D eigenvalue weighted by molar-refractivity contribution is 0.400. The molecule has 0 radical (unpaired) electrons. The van der Waals surface area contributed by atoms with Gasteiger partial charge in [0.05, 0.1) is 17.5 Å². The Morgan fingerprint density at radius 3 is 2.67 bits per heavy atom. The molecule has 1 saturated carbocycles. The van der Waals surface area contributed by atoms with Crippen LogP contribution in [0.3, 0.4) is 0 Å². The van der Waals surface area contributed by atoms with Crippen LogP contribution in [-0.4, -0.2) is 26.8 Å². The van der Waals surface area contributed by atoms with E-state index < -0.39 is 14.6 Å². The Morgan fingerprint density at radius 1 is 1.28 bits per heavy atom. The van der Waals surface area contributed by atoms with E-state index in [1.807, 2.05) is 6.07 Å². The van der Waals surface area contributed by atoms with Gasteiger partial charge in [-0.1, -0.05) is 18.9 Å². The number of fused-ring (bicyclic) bond motifs is 1. The first-order valence-electron chi connectivity index (χ1n) is 6.26. The minimum Gasteiger partial charge on any atom is -0.495 e. The summed E-state index contributed by atoms with van der Waals surface area (Å²) in [5, 5.41) is 3.27. The highest BCUT2D eigenvalue weighted by Crippen LogP contribution is 2.48. The molecule has 4 nitrogen and oxygen atoms in total. The standard InChI is InChI=1S/C13H17NO3S/c1-17-11-6-4-5-10-12(11)18(15,16)13(9-14-10)7-2-3-8-13/h4-6,14H,2-3,7-9H2,1H3. The van der Waals surface area contributed by atoms with Crippen molar-refractivity contribution in [2.24, 2.45) is 0 Å². The second-order valence-corrected chi connectivity index (χ2v) is 7.37. The van der Waals surface area contributed by atoms with Crippen LogP contribution >= 0.6 is 0 Å². The molecule has 1 aliphatic heterocycles. The highest BCUT2D eigenvalue weighted by atomic mass is 32.2. The average molecular weight is 267 g/mol. The summed E-state index contributed by atoms with van der Waals surface area (Å²) in [6.07, 6.45) is 3.48. The van der Waals surface area contributed by atoms with Crippen LogP contribution in [0.25, 0.3) is 0 Å². The molecule has 1 N–H and O–H groups in total. The number of hydrogen-bond donors (Lipinski definition) is 1. The molecule has 0 aromatic heterocycles. The molecular formula is C13H17NO3S. The maximum Gasteiger partial charge on any atom is 0.191 e. The Kier molecular flexibility index (Phi) is 2.55. The van der Waals surface area contributed by atoms with Gasteiger partial charge in [-0.25, -0.2) is 8.42 Å². The van der Waals surface area contributed by atoms with Gasteiger partial charge in [0.15, 0.2) is 9.84 Å². The number of rotatable bonds is 1. The Labute approximate surface area is 107 Å². The summed E-state index contributed by atoms with van der Waals surface area (Å²) < 4.78 is 30.4. The van der Waals surface area contributed by atoms with Crippen LogP contribution in [-0.2, 0) is 9.84 Å². The summed E-state index contributed by atoms with van der Waals surface area (Å²) in [6.45, 7) is 0.523. The monoisotopic (exact) mass is 267 g/mol. The predicted octanol–water partition coefficient (Wildman–Crippen LogP) is 2.21. The van der Waals surface area contributed by atoms with Gasteiger partial charge in [0.25, 0.3) is 0 Å². The van der Waals surface area contributed by atoms with E-state index >= 15 is 0 Å². The van der Waals surface area contributed by atoms with Gasteiger partial charge in [0.2, 0.25) is 0 Å². The summed E-state index contributed by atoms with van der Waals surface area (Å²) in [7, 11) is -1.80. The van der Waals surface area contributed by atoms with Gasteiger partial charge in [-0.05, 0) is 25.0 Å². The fourth-order valence-electron chi connectivity index (χ4n) is 3.13. The SMILES string of the molecule is COc1cccc2c1S(=O)(=O)C1(CCCC1)CN2. The molecule has 98 valence electrons. The maximum absolute atomic E-state index is 12.9. The smallest absolute Gasteiger partial charge is 0.191 e. The number of nitrogens with one attached hydrogen (secondary N) is 1. The van der Waals surface area contributed by atoms with Crippen molar-refractivity contribution in [3.8, 4) is 5.75 Å². The molecule has 1 heterocycles. The molecule has 0 bridgehead atoms. The highest BCUT2D eigenvalue weighted by molar-refractivity contribution is 7.93. The quantitative estimate of drug-likeness (QED) is 0.847. The molecule has 1 aromatic rings. The minimum atomic E-state index is -3.31. The Balaban J connectivity index is 2.23. The van der Waals surface area contributed by atoms with E-state index in [4.69, 9.17) is 4.74 Å². The number of methoxy groups -OCH3 is 1. The van der Waals surface area contributed by atoms with Crippen LogP contribution in [0.1, 0.15) is 25.7 Å². The number of ether oxygens (including phenoxy) is 1. The minimum absolute atomic E-state index is 0.348. The van der Waals surface area contributed by atoms with Crippen molar-refractivity contribution in [1.29, 1.82) is 0 Å². The normalized spacial score (nSPS) is 23.4. The fraction of sp³-hybridized carbons (Fsp3) is 0.538. The molecule has 18 heavy (non-hydrogen) atoms. The number of sulfone groups is 1. The molecule has 1 spiro atoms. The number of hydrogen-bond acceptors (Lipinski definition) is 4. The first-order chi connectivity index (χ1) is 8.61. The van der Waals surface area contributed by atoms with E-state index in [1.165, 1.54) is 7.11 Å². The van der Waals surface area contributed by atoms with Gasteiger partial charge >= 0.3 is 0 Å². The third-order valence-electron chi connectivity index (χ3n) is 4.15. The number of benzene rings is 1. The molecule has 0 atom stereocenters. The second kappa shape index (κ2) is 3.88. The van der Waals surface area contributed by atoms with Crippen molar-refractivity contribution in [3.05, 3.63) is 18.2 Å². The second-order valence-electron chi connectivity index (χ2n) is 5.08. The van der Waals surface area contributed by atoms with Crippen molar-refractivity contribution < 1.29 is 13.2 Å². The third kappa shape index (κ3) is 1.40. The lowest BCUT2D eigenvalue weighted by Crippen LogP contribution is -2.46. The van der Waals surface area contributed by atoms with Crippen LogP contribution in [0.5, 0.6) is 5.75 Å². The molecule has 3 rings (SSSR count). The zero-order valence-electron chi connectivity index (χ0n) is 10.4. The van der Waals surface area contributed by atoms with Crippen molar-refractivity contribution in [1.82, 2.24) is 0 Å². The zero-order chi connectivity index (χ0) is 12.8. The summed E-state index contributed by atoms with van der Waals surface area (Å²) in [6, 6.07) is 5.33. The molecular weight excluding hydrogens is 250 g/mol. The van der Waals surface area contributed by atoms with Crippen molar-refractivity contribution in [3.63, 3.8) is 0 Å². The van der Waals surface area contributed by atoms with Gasteiger partial charge in [0, 0.05) is 6.54 Å². The van der Waals surface area contributed by atoms with Crippen molar-refractivity contribution in [2.45, 2.75) is 35.3 Å². The van der Waals surface area contributed by atoms with E-state index in [0.29, 0.717) is 22.9 Å². The topological polar surface area (TPSA) is 55.4 Å². The predicted molar refractivity (Wildman–Crippen MR) is 69.9 cm³/mol. The zero-order valence-corrected chi connectivity index (χ0v) is 11.2. The maximum atomic E-state index is 12.9. The van der Waals surface area contributed by atoms with Crippen LogP contribution in [0.15, 0.2) is 23.1 Å². The Hall–Kier alpha value is -1.23. The van der Waals surface area contributed by atoms with Crippen LogP contribution < -0.4 is 10.1 Å². The molecule has 1 aliphatic carbocycles. The van der Waals surface area contributed by atoms with Crippen molar-refractivity contribution in [2.75, 3.05) is 19.0 Å². The molecule has 0 unspecified atom stereocenters. The summed E-state index contributed by atoms with van der Waals surface area (Å²) in [4.78, 5) is 0.348. The first-order valence-corrected chi connectivity index (χ1v) is 7.75. The molecule has 5 heteroatoms. The summed E-state index contributed by atoms with van der Waals surface area (Å²) in [5.74, 6) is 0.450. The van der Waals surface area contributed by atoms with Gasteiger partial charge in [0.1, 0.15) is 10.6 Å². The molecule has 0 saturated heterocycles. The first kappa shape index (κ1) is 11.8. The van der Waals surface area contributed by atoms with E-state index in [2.05, 4.69) is 5.32 Å². The average Bonchev–Trinajstić information content (AvgIpc) is 2.84. The van der Waals surface area contributed by atoms with Crippen LogP contribution in [0.2, 0.25) is 0 Å². The largest absolute Gasteiger partial charge is 0.495 e. The van der Waals surface area contributed by atoms with E-state index in [9.17, 15) is 8.42 Å². The summed E-state index contributed by atoms with van der Waals surface area (Å²) >= 11 is 0. The molecule has 2 aliphatic rings. The van der Waals surface area contributed by atoms with Gasteiger partial charge in [-0.2, -0.15) is 0 Å². The molecule has 1 fully saturated rings. The van der Waals surface area contributed by atoms with E-state index in [0.717, 1.165) is 25.7 Å². The highest BCUT2D eigenvalue weighted by Gasteiger charge is 2.51. The third-order valence-corrected chi connectivity index (χ3v) is 6.80. The van der Waals surface area contributed by atoms with Crippen molar-refractivity contribution >= 4 is 15.5 Å².